The Kier molecular flexibility index (Phi) is 22.0. The lowest BCUT2D eigenvalue weighted by Crippen LogP contribution is -2.08. The summed E-state index contributed by atoms with van der Waals surface area (Å²) in [5.41, 5.74) is 8.17. The fourth-order valence-electron chi connectivity index (χ4n) is 8.96. The molecule has 91 heavy (non-hydrogen) atoms. The summed E-state index contributed by atoms with van der Waals surface area (Å²) in [7, 11) is 3.93. The number of hydrogen-bond donors (Lipinski definition) is 3. The predicted molar refractivity (Wildman–Crippen MR) is 362 cm³/mol. The fraction of sp³-hybridized carbons (Fsp3) is 0.134. The number of rotatable bonds is 12. The zero-order valence-electron chi connectivity index (χ0n) is 50.1. The Bertz CT molecular complexity index is 4830. The number of carbonyl (C=O) groups excluding carboxylic acids is 3. The Morgan fingerprint density at radius 2 is 1.04 bits per heavy atom. The fourth-order valence-corrected chi connectivity index (χ4v) is 13.0. The van der Waals surface area contributed by atoms with E-state index >= 15 is 0 Å². The summed E-state index contributed by atoms with van der Waals surface area (Å²) in [6.07, 6.45) is 11.1. The topological polar surface area (TPSA) is 275 Å². The Hall–Kier alpha value is -10.8. The van der Waals surface area contributed by atoms with Crippen molar-refractivity contribution in [3.8, 4) is 17.2 Å². The van der Waals surface area contributed by atoms with Crippen molar-refractivity contribution < 1.29 is 34.4 Å². The van der Waals surface area contributed by atoms with Gasteiger partial charge >= 0.3 is 12.1 Å². The minimum absolute atomic E-state index is 0.250. The van der Waals surface area contributed by atoms with E-state index in [2.05, 4.69) is 60.8 Å². The standard InChI is InChI=1S/C18H18N4O2S.C18H13N3OS.C16H15N3OS.C14H11N3OS.CO2/c1-4-24-18(23)16-11-13-15(22(2)3)6-5-14(17(13)25-16)21-20-12-7-9-19-10-8-12;1-11-10-13-16(22)8-7-15(18(13)23-11)20-21-17-9-6-12-4-2-3-5-14(12)19-17;1-3-11-8-14(20)13-7-10(2)21-16(13)15(11)19-18-12-5-4-6-17-9-12;1-9-8-11-13(18)3-2-12(14(11)19-9)17-16-10-4-6-15-7-5-10;2-1-3/h5-11H,4H2,1-3H3;2-10,22H,1H3;4-9,20H,3H2,1-2H3;2-8,18H,1H3;. The number of thiophene rings is 4. The maximum Gasteiger partial charge on any atom is 0.373 e. The normalized spacial score (nSPS) is 11.2. The molecule has 13 aromatic rings. The van der Waals surface area contributed by atoms with Gasteiger partial charge in [0.1, 0.15) is 50.6 Å². The van der Waals surface area contributed by atoms with Crippen molar-refractivity contribution >= 4 is 160 Å². The zero-order valence-corrected chi connectivity index (χ0v) is 53.3. The molecule has 0 saturated heterocycles. The molecule has 0 aliphatic carbocycles. The second-order valence-electron chi connectivity index (χ2n) is 19.7. The van der Waals surface area contributed by atoms with E-state index in [0.29, 0.717) is 28.7 Å². The number of fused-ring (bicyclic) bond motifs is 5. The molecule has 0 saturated carbocycles. The maximum atomic E-state index is 12.1. The van der Waals surface area contributed by atoms with Gasteiger partial charge in [-0.2, -0.15) is 19.8 Å². The molecule has 3 N–H and O–H groups in total. The van der Waals surface area contributed by atoms with Crippen LogP contribution in [0, 0.1) is 20.8 Å². The summed E-state index contributed by atoms with van der Waals surface area (Å²) in [5.74, 6) is 1.12. The molecule has 456 valence electrons. The lowest BCUT2D eigenvalue weighted by Gasteiger charge is -2.14. The minimum Gasteiger partial charge on any atom is -0.507 e. The van der Waals surface area contributed by atoms with Crippen LogP contribution >= 0.6 is 45.3 Å². The number of para-hydroxylation sites is 1. The van der Waals surface area contributed by atoms with E-state index in [-0.39, 0.29) is 23.6 Å². The number of aromatic nitrogens is 4. The number of hydrogen-bond acceptors (Lipinski definition) is 24. The number of carbonyl (C=O) groups is 1. The van der Waals surface area contributed by atoms with Gasteiger partial charge < -0.3 is 25.0 Å². The van der Waals surface area contributed by atoms with Crippen LogP contribution in [0.15, 0.2) is 218 Å². The molecule has 8 aromatic heterocycles. The molecule has 24 heteroatoms. The second-order valence-corrected chi connectivity index (χ2v) is 24.5. The summed E-state index contributed by atoms with van der Waals surface area (Å²) in [6.45, 7) is 10.2. The molecule has 20 nitrogen and oxygen atoms in total. The van der Waals surface area contributed by atoms with E-state index in [9.17, 15) is 20.1 Å². The quantitative estimate of drug-likeness (QED) is 0.0761. The van der Waals surface area contributed by atoms with Gasteiger partial charge in [0, 0.05) is 92.3 Å². The number of benzene rings is 5. The van der Waals surface area contributed by atoms with E-state index in [1.54, 1.807) is 133 Å². The average Bonchev–Trinajstić information content (AvgIpc) is 1.93. The van der Waals surface area contributed by atoms with Crippen molar-refractivity contribution in [3.63, 3.8) is 0 Å². The highest BCUT2D eigenvalue weighted by molar-refractivity contribution is 7.21. The first-order valence-corrected chi connectivity index (χ1v) is 31.2. The van der Waals surface area contributed by atoms with Crippen LogP contribution in [0.4, 0.5) is 51.3 Å². The van der Waals surface area contributed by atoms with Gasteiger partial charge in [-0.05, 0) is 161 Å². The van der Waals surface area contributed by atoms with Crippen LogP contribution in [0.2, 0.25) is 0 Å². The molecule has 8 heterocycles. The van der Waals surface area contributed by atoms with Gasteiger partial charge in [0.15, 0.2) is 5.82 Å². The van der Waals surface area contributed by atoms with Gasteiger partial charge in [-0.15, -0.1) is 76.0 Å². The van der Waals surface area contributed by atoms with E-state index in [1.807, 2.05) is 132 Å². The maximum absolute atomic E-state index is 12.1. The van der Waals surface area contributed by atoms with E-state index < -0.39 is 0 Å². The number of azo groups is 4. The number of phenolic OH excluding ortho intramolecular Hbond substituents is 3. The van der Waals surface area contributed by atoms with E-state index in [0.717, 1.165) is 118 Å². The first-order valence-electron chi connectivity index (χ1n) is 28.0. The van der Waals surface area contributed by atoms with Crippen LogP contribution in [-0.4, -0.2) is 68.1 Å². The molecule has 0 bridgehead atoms. The smallest absolute Gasteiger partial charge is 0.373 e. The number of anilines is 1. The lowest BCUT2D eigenvalue weighted by molar-refractivity contribution is -0.191. The zero-order chi connectivity index (χ0) is 64.4. The van der Waals surface area contributed by atoms with Crippen LogP contribution < -0.4 is 4.90 Å². The van der Waals surface area contributed by atoms with Crippen molar-refractivity contribution in [2.75, 3.05) is 25.6 Å². The molecule has 0 aliphatic rings. The number of ether oxygens (including phenoxy) is 1. The summed E-state index contributed by atoms with van der Waals surface area (Å²) >= 11 is 6.20. The van der Waals surface area contributed by atoms with Crippen LogP contribution in [0.1, 0.15) is 43.7 Å². The van der Waals surface area contributed by atoms with Gasteiger partial charge in [-0.1, -0.05) is 25.1 Å². The number of nitrogens with zero attached hydrogens (tertiary/aromatic N) is 13. The highest BCUT2D eigenvalue weighted by Gasteiger charge is 2.18. The van der Waals surface area contributed by atoms with Crippen molar-refractivity contribution in [2.45, 2.75) is 41.0 Å². The SMILES string of the molecule is CCOC(=O)c1cc2c(N(C)C)ccc(N=Nc3ccncc3)c2s1.CCc1cc(O)c2cc(C)sc2c1N=Nc1cccnc1.Cc1cc2c(O)ccc(N=Nc3ccc4ccccc4n3)c2s1.Cc1cc2c(O)ccc(N=Nc3ccncc3)c2s1.O=C=O. The Balaban J connectivity index is 0.000000142. The number of esters is 1. The molecule has 5 aromatic carbocycles. The van der Waals surface area contributed by atoms with Crippen molar-refractivity contribution in [1.82, 2.24) is 19.9 Å². The van der Waals surface area contributed by atoms with Crippen LogP contribution in [0.25, 0.3) is 51.2 Å². The van der Waals surface area contributed by atoms with E-state index in [4.69, 9.17) is 14.3 Å². The van der Waals surface area contributed by atoms with Crippen molar-refractivity contribution in [1.29, 1.82) is 0 Å². The van der Waals surface area contributed by atoms with Gasteiger partial charge in [-0.25, -0.2) is 9.78 Å². The van der Waals surface area contributed by atoms with Crippen LogP contribution in [0.5, 0.6) is 17.2 Å². The van der Waals surface area contributed by atoms with Crippen molar-refractivity contribution in [3.05, 3.63) is 202 Å². The molecule has 0 radical (unpaired) electrons. The summed E-state index contributed by atoms with van der Waals surface area (Å²) in [6, 6.07) is 42.9. The monoisotopic (exact) mass is 1280 g/mol. The molecule has 0 unspecified atom stereocenters. The molecule has 0 aliphatic heterocycles. The Morgan fingerprint density at radius 3 is 1.59 bits per heavy atom. The lowest BCUT2D eigenvalue weighted by atomic mass is 10.1. The van der Waals surface area contributed by atoms with Crippen molar-refractivity contribution in [2.24, 2.45) is 40.9 Å². The summed E-state index contributed by atoms with van der Waals surface area (Å²) < 4.78 is 8.91. The summed E-state index contributed by atoms with van der Waals surface area (Å²) in [5, 5.41) is 68.7. The molecule has 0 spiro atoms. The third kappa shape index (κ3) is 16.5. The third-order valence-corrected chi connectivity index (χ3v) is 17.4. The molecular weight excluding hydrogens is 1230 g/mol. The van der Waals surface area contributed by atoms with Crippen LogP contribution in [-0.2, 0) is 20.7 Å². The first-order chi connectivity index (χ1) is 44.1. The molecule has 13 rings (SSSR count). The minimum atomic E-state index is -0.314. The Morgan fingerprint density at radius 1 is 0.516 bits per heavy atom. The highest BCUT2D eigenvalue weighted by Crippen LogP contribution is 2.44. The predicted octanol–water partition coefficient (Wildman–Crippen LogP) is 20.3. The van der Waals surface area contributed by atoms with Gasteiger partial charge in [0.2, 0.25) is 0 Å². The second kappa shape index (κ2) is 30.9. The Labute approximate surface area is 537 Å². The molecule has 0 fully saturated rings. The van der Waals surface area contributed by atoms with E-state index in [1.165, 1.54) is 11.3 Å². The average molecular weight is 1280 g/mol. The number of aromatic hydroxyl groups is 3. The molecule has 0 amide bonds. The van der Waals surface area contributed by atoms with Gasteiger partial charge in [0.25, 0.3) is 0 Å². The largest absolute Gasteiger partial charge is 0.507 e. The number of phenols is 3. The first kappa shape index (κ1) is 64.7. The van der Waals surface area contributed by atoms with Crippen LogP contribution in [0.3, 0.4) is 0 Å². The van der Waals surface area contributed by atoms with Gasteiger partial charge in [-0.3, -0.25) is 15.0 Å². The number of pyridine rings is 4. The highest BCUT2D eigenvalue weighted by atomic mass is 32.1. The van der Waals surface area contributed by atoms with Gasteiger partial charge in [0.05, 0.1) is 48.5 Å². The third-order valence-electron chi connectivity index (χ3n) is 13.1. The summed E-state index contributed by atoms with van der Waals surface area (Å²) in [4.78, 5) is 50.7. The number of aryl methyl sites for hydroxylation is 4. The molecular formula is C67H57N13O7S4. The molecule has 0 atom stereocenters.